The lowest BCUT2D eigenvalue weighted by Gasteiger charge is -2.27. The molecule has 5 nitrogen and oxygen atoms in total. The summed E-state index contributed by atoms with van der Waals surface area (Å²) in [6.45, 7) is 12.1. The number of hydrogen-bond donors (Lipinski definition) is 2. The Labute approximate surface area is 177 Å². The maximum absolute atomic E-state index is 12.0. The highest BCUT2D eigenvalue weighted by molar-refractivity contribution is 6.30. The van der Waals surface area contributed by atoms with E-state index < -0.39 is 0 Å². The van der Waals surface area contributed by atoms with Crippen LogP contribution in [0.4, 0.5) is 0 Å². The van der Waals surface area contributed by atoms with Crippen LogP contribution in [-0.2, 0) is 15.6 Å². The predicted molar refractivity (Wildman–Crippen MR) is 118 cm³/mol. The van der Waals surface area contributed by atoms with E-state index in [1.807, 2.05) is 53.7 Å². The number of phenols is 1. The number of rotatable bonds is 5. The number of hydrazone groups is 1. The first-order valence-electron chi connectivity index (χ1n) is 9.46. The van der Waals surface area contributed by atoms with E-state index in [1.54, 1.807) is 30.5 Å². The van der Waals surface area contributed by atoms with Crippen molar-refractivity contribution in [1.82, 2.24) is 5.43 Å². The maximum atomic E-state index is 12.0. The Morgan fingerprint density at radius 2 is 1.59 bits per heavy atom. The molecule has 0 aliphatic carbocycles. The summed E-state index contributed by atoms with van der Waals surface area (Å²) in [4.78, 5) is 12.0. The highest BCUT2D eigenvalue weighted by Crippen LogP contribution is 2.39. The second kappa shape index (κ2) is 8.87. The zero-order valence-electron chi connectivity index (χ0n) is 17.8. The molecule has 0 heterocycles. The topological polar surface area (TPSA) is 70.9 Å². The molecule has 0 saturated heterocycles. The third-order valence-corrected chi connectivity index (χ3v) is 4.59. The SMILES string of the molecule is CC(C)(C)c1cc(C=NNC(=O)COc2ccc(Cl)cc2)cc(C(C)(C)C)c1O. The summed E-state index contributed by atoms with van der Waals surface area (Å²) in [6.07, 6.45) is 1.57. The monoisotopic (exact) mass is 416 g/mol. The first kappa shape index (κ1) is 22.8. The minimum atomic E-state index is -0.373. The summed E-state index contributed by atoms with van der Waals surface area (Å²) >= 11 is 5.82. The van der Waals surface area contributed by atoms with Gasteiger partial charge in [0, 0.05) is 16.1 Å². The lowest BCUT2D eigenvalue weighted by atomic mass is 9.78. The van der Waals surface area contributed by atoms with Gasteiger partial charge < -0.3 is 9.84 Å². The van der Waals surface area contributed by atoms with E-state index in [2.05, 4.69) is 10.5 Å². The molecule has 0 unspecified atom stereocenters. The van der Waals surface area contributed by atoms with Gasteiger partial charge in [-0.1, -0.05) is 53.1 Å². The Bertz CT molecular complexity index is 857. The van der Waals surface area contributed by atoms with Crippen LogP contribution >= 0.6 is 11.6 Å². The minimum Gasteiger partial charge on any atom is -0.507 e. The molecule has 2 aromatic carbocycles. The third-order valence-electron chi connectivity index (χ3n) is 4.33. The molecule has 2 N–H and O–H groups in total. The molecular weight excluding hydrogens is 388 g/mol. The fourth-order valence-electron chi connectivity index (χ4n) is 2.77. The Balaban J connectivity index is 2.11. The van der Waals surface area contributed by atoms with E-state index in [4.69, 9.17) is 16.3 Å². The van der Waals surface area contributed by atoms with Crippen LogP contribution in [0.2, 0.25) is 5.02 Å². The zero-order chi connectivity index (χ0) is 21.8. The maximum Gasteiger partial charge on any atom is 0.277 e. The first-order chi connectivity index (χ1) is 13.4. The van der Waals surface area contributed by atoms with Gasteiger partial charge in [-0.3, -0.25) is 4.79 Å². The number of carbonyl (C=O) groups excluding carboxylic acids is 1. The molecule has 2 aromatic rings. The van der Waals surface area contributed by atoms with E-state index in [0.717, 1.165) is 16.7 Å². The van der Waals surface area contributed by atoms with Crippen LogP contribution in [0.25, 0.3) is 0 Å². The summed E-state index contributed by atoms with van der Waals surface area (Å²) in [5.41, 5.74) is 4.47. The summed E-state index contributed by atoms with van der Waals surface area (Å²) < 4.78 is 5.39. The van der Waals surface area contributed by atoms with Crippen molar-refractivity contribution in [2.45, 2.75) is 52.4 Å². The molecule has 0 bridgehead atoms. The molecule has 0 spiro atoms. The summed E-state index contributed by atoms with van der Waals surface area (Å²) in [5.74, 6) is 0.487. The number of nitrogens with zero attached hydrogens (tertiary/aromatic N) is 1. The van der Waals surface area contributed by atoms with Crippen molar-refractivity contribution in [2.75, 3.05) is 6.61 Å². The molecule has 156 valence electrons. The second-order valence-electron chi connectivity index (χ2n) is 9.00. The predicted octanol–water partition coefficient (Wildman–Crippen LogP) is 5.17. The largest absolute Gasteiger partial charge is 0.507 e. The van der Waals surface area contributed by atoms with Crippen LogP contribution < -0.4 is 10.2 Å². The molecule has 0 aliphatic heterocycles. The van der Waals surface area contributed by atoms with Crippen LogP contribution in [0.1, 0.15) is 58.2 Å². The van der Waals surface area contributed by atoms with Crippen LogP contribution in [0.3, 0.4) is 0 Å². The average Bonchev–Trinajstić information content (AvgIpc) is 2.60. The van der Waals surface area contributed by atoms with Crippen molar-refractivity contribution in [1.29, 1.82) is 0 Å². The number of hydrogen-bond acceptors (Lipinski definition) is 4. The lowest BCUT2D eigenvalue weighted by Crippen LogP contribution is -2.24. The molecular formula is C23H29ClN2O3. The number of ether oxygens (including phenoxy) is 1. The van der Waals surface area contributed by atoms with Gasteiger partial charge in [0.05, 0.1) is 6.21 Å². The third kappa shape index (κ3) is 6.50. The number of benzene rings is 2. The van der Waals surface area contributed by atoms with Crippen molar-refractivity contribution in [2.24, 2.45) is 5.10 Å². The molecule has 0 saturated carbocycles. The smallest absolute Gasteiger partial charge is 0.277 e. The lowest BCUT2D eigenvalue weighted by molar-refractivity contribution is -0.123. The number of nitrogens with one attached hydrogen (secondary N) is 1. The number of phenolic OH excluding ortho intramolecular Hbond substituents is 1. The fourth-order valence-corrected chi connectivity index (χ4v) is 2.89. The van der Waals surface area contributed by atoms with Crippen LogP contribution in [-0.4, -0.2) is 23.8 Å². The van der Waals surface area contributed by atoms with Crippen molar-refractivity contribution in [3.8, 4) is 11.5 Å². The Kier molecular flexibility index (Phi) is 6.96. The van der Waals surface area contributed by atoms with E-state index in [0.29, 0.717) is 16.5 Å². The van der Waals surface area contributed by atoms with Gasteiger partial charge in [-0.2, -0.15) is 5.10 Å². The van der Waals surface area contributed by atoms with Crippen molar-refractivity contribution >= 4 is 23.7 Å². The molecule has 1 amide bonds. The van der Waals surface area contributed by atoms with Crippen molar-refractivity contribution in [3.63, 3.8) is 0 Å². The Morgan fingerprint density at radius 3 is 2.07 bits per heavy atom. The first-order valence-corrected chi connectivity index (χ1v) is 9.84. The molecule has 6 heteroatoms. The van der Waals surface area contributed by atoms with E-state index in [-0.39, 0.29) is 23.3 Å². The molecule has 0 aliphatic rings. The zero-order valence-corrected chi connectivity index (χ0v) is 18.6. The van der Waals surface area contributed by atoms with Crippen molar-refractivity contribution in [3.05, 3.63) is 58.1 Å². The van der Waals surface area contributed by atoms with E-state index in [1.165, 1.54) is 0 Å². The molecule has 0 aromatic heterocycles. The van der Waals surface area contributed by atoms with Gasteiger partial charge in [-0.25, -0.2) is 5.43 Å². The normalized spacial score (nSPS) is 12.2. The molecule has 2 rings (SSSR count). The van der Waals surface area contributed by atoms with Crippen LogP contribution in [0.5, 0.6) is 11.5 Å². The quantitative estimate of drug-likeness (QED) is 0.521. The number of amides is 1. The van der Waals surface area contributed by atoms with Gasteiger partial charge >= 0.3 is 0 Å². The average molecular weight is 417 g/mol. The van der Waals surface area contributed by atoms with Gasteiger partial charge in [0.15, 0.2) is 6.61 Å². The van der Waals surface area contributed by atoms with E-state index in [9.17, 15) is 9.90 Å². The minimum absolute atomic E-state index is 0.158. The summed E-state index contributed by atoms with van der Waals surface area (Å²) in [7, 11) is 0. The highest BCUT2D eigenvalue weighted by atomic mass is 35.5. The number of aromatic hydroxyl groups is 1. The van der Waals surface area contributed by atoms with Crippen LogP contribution in [0, 0.1) is 0 Å². The molecule has 0 atom stereocenters. The number of carbonyl (C=O) groups is 1. The second-order valence-corrected chi connectivity index (χ2v) is 9.44. The van der Waals surface area contributed by atoms with Crippen molar-refractivity contribution < 1.29 is 14.6 Å². The van der Waals surface area contributed by atoms with Gasteiger partial charge in [0.2, 0.25) is 0 Å². The van der Waals surface area contributed by atoms with E-state index >= 15 is 0 Å². The van der Waals surface area contributed by atoms with Gasteiger partial charge in [-0.05, 0) is 52.8 Å². The number of halogens is 1. The highest BCUT2D eigenvalue weighted by Gasteiger charge is 2.26. The standard InChI is InChI=1S/C23H29ClN2O3/c1-22(2,3)18-11-15(12-19(21(18)28)23(4,5)6)13-25-26-20(27)14-29-17-9-7-16(24)8-10-17/h7-13,28H,14H2,1-6H3,(H,26,27). The summed E-state index contributed by atoms with van der Waals surface area (Å²) in [5, 5.41) is 15.4. The molecule has 0 radical (unpaired) electrons. The van der Waals surface area contributed by atoms with Gasteiger partial charge in [0.25, 0.3) is 5.91 Å². The Hall–Kier alpha value is -2.53. The fraction of sp³-hybridized carbons (Fsp3) is 0.391. The van der Waals surface area contributed by atoms with Gasteiger partial charge in [0.1, 0.15) is 11.5 Å². The van der Waals surface area contributed by atoms with Gasteiger partial charge in [-0.15, -0.1) is 0 Å². The molecule has 0 fully saturated rings. The van der Waals surface area contributed by atoms with Crippen LogP contribution in [0.15, 0.2) is 41.5 Å². The summed E-state index contributed by atoms with van der Waals surface area (Å²) in [6, 6.07) is 10.6. The Morgan fingerprint density at radius 1 is 1.07 bits per heavy atom. The molecule has 29 heavy (non-hydrogen) atoms.